The van der Waals surface area contributed by atoms with Gasteiger partial charge in [0.1, 0.15) is 0 Å². The van der Waals surface area contributed by atoms with Crippen LogP contribution in [-0.2, 0) is 0 Å². The van der Waals surface area contributed by atoms with Crippen molar-refractivity contribution >= 4 is 0 Å². The van der Waals surface area contributed by atoms with Gasteiger partial charge in [0.05, 0.1) is 0 Å². The van der Waals surface area contributed by atoms with Gasteiger partial charge in [-0.15, -0.1) is 0 Å². The Kier molecular flexibility index (Phi) is 4.87. The molecule has 2 rings (SSSR count). The van der Waals surface area contributed by atoms with Crippen LogP contribution in [0.2, 0.25) is 0 Å². The van der Waals surface area contributed by atoms with Crippen molar-refractivity contribution in [3.05, 3.63) is 0 Å². The quantitative estimate of drug-likeness (QED) is 0.749. The van der Waals surface area contributed by atoms with E-state index in [1.165, 1.54) is 57.8 Å². The molecule has 3 atom stereocenters. The summed E-state index contributed by atoms with van der Waals surface area (Å²) in [5, 5.41) is 0. The van der Waals surface area contributed by atoms with Crippen LogP contribution in [-0.4, -0.2) is 30.1 Å². The lowest BCUT2D eigenvalue weighted by Crippen LogP contribution is -2.52. The molecule has 0 aromatic rings. The molecule has 100 valence electrons. The molecular weight excluding hydrogens is 208 g/mol. The monoisotopic (exact) mass is 238 g/mol. The molecule has 0 aromatic carbocycles. The topological polar surface area (TPSA) is 29.3 Å². The summed E-state index contributed by atoms with van der Waals surface area (Å²) in [6.07, 6.45) is 12.4. The normalized spacial score (nSPS) is 37.1. The van der Waals surface area contributed by atoms with Crippen molar-refractivity contribution in [2.75, 3.05) is 7.05 Å². The molecule has 2 N–H and O–H groups in total. The molecule has 2 aliphatic carbocycles. The zero-order valence-corrected chi connectivity index (χ0v) is 11.7. The first kappa shape index (κ1) is 13.4. The lowest BCUT2D eigenvalue weighted by atomic mass is 9.82. The molecule has 0 heterocycles. The molecular formula is C15H30N2. The average molecular weight is 238 g/mol. The van der Waals surface area contributed by atoms with Crippen LogP contribution < -0.4 is 5.73 Å². The van der Waals surface area contributed by atoms with E-state index in [-0.39, 0.29) is 0 Å². The highest BCUT2D eigenvalue weighted by Gasteiger charge is 2.32. The van der Waals surface area contributed by atoms with Crippen molar-refractivity contribution in [1.29, 1.82) is 0 Å². The Morgan fingerprint density at radius 2 is 1.59 bits per heavy atom. The van der Waals surface area contributed by atoms with Gasteiger partial charge >= 0.3 is 0 Å². The van der Waals surface area contributed by atoms with E-state index in [9.17, 15) is 0 Å². The van der Waals surface area contributed by atoms with E-state index in [0.717, 1.165) is 12.0 Å². The van der Waals surface area contributed by atoms with Gasteiger partial charge in [-0.25, -0.2) is 0 Å². The highest BCUT2D eigenvalue weighted by atomic mass is 15.2. The fourth-order valence-electron chi connectivity index (χ4n) is 3.78. The average Bonchev–Trinajstić information content (AvgIpc) is 2.60. The fraction of sp³-hybridized carbons (Fsp3) is 1.00. The maximum absolute atomic E-state index is 6.35. The van der Waals surface area contributed by atoms with Gasteiger partial charge in [-0.1, -0.05) is 32.6 Å². The van der Waals surface area contributed by atoms with Gasteiger partial charge < -0.3 is 5.73 Å². The molecule has 2 heteroatoms. The van der Waals surface area contributed by atoms with E-state index in [2.05, 4.69) is 18.9 Å². The summed E-state index contributed by atoms with van der Waals surface area (Å²) in [5.74, 6) is 0.869. The zero-order chi connectivity index (χ0) is 12.3. The minimum absolute atomic E-state index is 0.416. The van der Waals surface area contributed by atoms with Crippen LogP contribution in [0.3, 0.4) is 0 Å². The second kappa shape index (κ2) is 6.19. The Morgan fingerprint density at radius 1 is 0.941 bits per heavy atom. The van der Waals surface area contributed by atoms with Crippen molar-refractivity contribution in [2.24, 2.45) is 11.7 Å². The van der Waals surface area contributed by atoms with E-state index in [1.54, 1.807) is 0 Å². The Hall–Kier alpha value is -0.0800. The molecule has 2 saturated carbocycles. The minimum atomic E-state index is 0.416. The Morgan fingerprint density at radius 3 is 2.24 bits per heavy atom. The number of rotatable bonds is 2. The highest BCUT2D eigenvalue weighted by molar-refractivity contribution is 4.90. The lowest BCUT2D eigenvalue weighted by molar-refractivity contribution is 0.0930. The summed E-state index contributed by atoms with van der Waals surface area (Å²) in [4.78, 5) is 2.64. The molecule has 0 bridgehead atoms. The van der Waals surface area contributed by atoms with Crippen LogP contribution in [0.15, 0.2) is 0 Å². The standard InChI is InChI=1S/C15H30N2/c1-12-9-10-14(16)15(11-12)17(2)13-7-5-3-4-6-8-13/h12-15H,3-11,16H2,1-2H3. The summed E-state index contributed by atoms with van der Waals surface area (Å²) in [7, 11) is 2.33. The lowest BCUT2D eigenvalue weighted by Gasteiger charge is -2.42. The third kappa shape index (κ3) is 3.45. The predicted octanol–water partition coefficient (Wildman–Crippen LogP) is 3.16. The molecule has 2 aliphatic rings. The molecule has 0 aromatic heterocycles. The summed E-state index contributed by atoms with van der Waals surface area (Å²) >= 11 is 0. The highest BCUT2D eigenvalue weighted by Crippen LogP contribution is 2.30. The summed E-state index contributed by atoms with van der Waals surface area (Å²) in [5.41, 5.74) is 6.35. The largest absolute Gasteiger partial charge is 0.326 e. The third-order valence-electron chi connectivity index (χ3n) is 5.05. The van der Waals surface area contributed by atoms with Crippen LogP contribution in [0, 0.1) is 5.92 Å². The first-order valence-corrected chi connectivity index (χ1v) is 7.66. The summed E-state index contributed by atoms with van der Waals surface area (Å²) < 4.78 is 0. The second-order valence-electron chi connectivity index (χ2n) is 6.46. The first-order chi connectivity index (χ1) is 8.18. The second-order valence-corrected chi connectivity index (χ2v) is 6.46. The van der Waals surface area contributed by atoms with Crippen molar-refractivity contribution in [1.82, 2.24) is 4.90 Å². The third-order valence-corrected chi connectivity index (χ3v) is 5.05. The van der Waals surface area contributed by atoms with Crippen molar-refractivity contribution < 1.29 is 0 Å². The molecule has 0 aliphatic heterocycles. The van der Waals surface area contributed by atoms with Gasteiger partial charge in [0.25, 0.3) is 0 Å². The van der Waals surface area contributed by atoms with E-state index in [1.807, 2.05) is 0 Å². The van der Waals surface area contributed by atoms with Crippen molar-refractivity contribution in [3.63, 3.8) is 0 Å². The molecule has 0 amide bonds. The Labute approximate surface area is 107 Å². The summed E-state index contributed by atoms with van der Waals surface area (Å²) in [6.45, 7) is 2.39. The van der Waals surface area contributed by atoms with Gasteiger partial charge in [-0.05, 0) is 45.1 Å². The molecule has 2 nitrogen and oxygen atoms in total. The SMILES string of the molecule is CC1CCC(N)C(N(C)C2CCCCCC2)C1. The van der Waals surface area contributed by atoms with Crippen molar-refractivity contribution in [2.45, 2.75) is 82.8 Å². The van der Waals surface area contributed by atoms with Gasteiger partial charge in [0, 0.05) is 18.1 Å². The fourth-order valence-corrected chi connectivity index (χ4v) is 3.78. The number of hydrogen-bond donors (Lipinski definition) is 1. The van der Waals surface area contributed by atoms with Gasteiger partial charge in [0.2, 0.25) is 0 Å². The van der Waals surface area contributed by atoms with E-state index in [0.29, 0.717) is 12.1 Å². The number of likely N-dealkylation sites (N-methyl/N-ethyl adjacent to an activating group) is 1. The number of nitrogens with zero attached hydrogens (tertiary/aromatic N) is 1. The predicted molar refractivity (Wildman–Crippen MR) is 74.0 cm³/mol. The van der Waals surface area contributed by atoms with Crippen LogP contribution in [0.1, 0.15) is 64.7 Å². The molecule has 17 heavy (non-hydrogen) atoms. The van der Waals surface area contributed by atoms with Crippen LogP contribution >= 0.6 is 0 Å². The van der Waals surface area contributed by atoms with Crippen LogP contribution in [0.25, 0.3) is 0 Å². The molecule has 2 fully saturated rings. The van der Waals surface area contributed by atoms with Gasteiger partial charge in [-0.3, -0.25) is 4.90 Å². The maximum atomic E-state index is 6.35. The Bertz CT molecular complexity index is 221. The number of nitrogens with two attached hydrogens (primary N) is 1. The number of hydrogen-bond acceptors (Lipinski definition) is 2. The molecule has 0 saturated heterocycles. The molecule has 3 unspecified atom stereocenters. The van der Waals surface area contributed by atoms with Crippen molar-refractivity contribution in [3.8, 4) is 0 Å². The molecule has 0 radical (unpaired) electrons. The van der Waals surface area contributed by atoms with E-state index < -0.39 is 0 Å². The zero-order valence-electron chi connectivity index (χ0n) is 11.7. The van der Waals surface area contributed by atoms with E-state index >= 15 is 0 Å². The van der Waals surface area contributed by atoms with Crippen LogP contribution in [0.4, 0.5) is 0 Å². The molecule has 0 spiro atoms. The first-order valence-electron chi connectivity index (χ1n) is 7.66. The maximum Gasteiger partial charge on any atom is 0.0249 e. The Balaban J connectivity index is 1.94. The van der Waals surface area contributed by atoms with Gasteiger partial charge in [0.15, 0.2) is 0 Å². The minimum Gasteiger partial charge on any atom is -0.326 e. The van der Waals surface area contributed by atoms with E-state index in [4.69, 9.17) is 5.73 Å². The smallest absolute Gasteiger partial charge is 0.0249 e. The van der Waals surface area contributed by atoms with Gasteiger partial charge in [-0.2, -0.15) is 0 Å². The van der Waals surface area contributed by atoms with Crippen LogP contribution in [0.5, 0.6) is 0 Å². The summed E-state index contributed by atoms with van der Waals surface area (Å²) in [6, 6.07) is 1.86.